The number of amides is 2. The van der Waals surface area contributed by atoms with Crippen LogP contribution in [0.1, 0.15) is 30.8 Å². The molecule has 0 spiro atoms. The summed E-state index contributed by atoms with van der Waals surface area (Å²) in [6.07, 6.45) is 1.83. The molecule has 1 rings (SSSR count). The fraction of sp³-hybridized carbons (Fsp3) is 0.571. The summed E-state index contributed by atoms with van der Waals surface area (Å²) in [5.74, 6) is -0.574. The molecular weight excluding hydrogens is 320 g/mol. The molecule has 0 fully saturated rings. The number of aromatic nitrogens is 1. The van der Waals surface area contributed by atoms with Crippen LogP contribution in [0.3, 0.4) is 0 Å². The molecule has 0 aliphatic rings. The van der Waals surface area contributed by atoms with Crippen molar-refractivity contribution in [2.45, 2.75) is 31.2 Å². The maximum Gasteiger partial charge on any atom is 0.268 e. The minimum absolute atomic E-state index is 0.00648. The molecule has 0 radical (unpaired) electrons. The Kier molecular flexibility index (Phi) is 6.34. The number of carbonyl (C=O) groups excluding carboxylic acids is 2. The lowest BCUT2D eigenvalue weighted by Gasteiger charge is -2.19. The summed E-state index contributed by atoms with van der Waals surface area (Å²) in [6, 6.07) is 0.601. The Morgan fingerprint density at radius 2 is 1.87 bits per heavy atom. The molecule has 3 N–H and O–H groups in total. The van der Waals surface area contributed by atoms with E-state index in [1.54, 1.807) is 7.05 Å². The molecule has 1 heterocycles. The molecule has 8 nitrogen and oxygen atoms in total. The second-order valence-electron chi connectivity index (χ2n) is 5.65. The molecule has 0 unspecified atom stereocenters. The Morgan fingerprint density at radius 1 is 1.26 bits per heavy atom. The number of nitrogens with one attached hydrogen (secondary N) is 3. The van der Waals surface area contributed by atoms with E-state index in [1.165, 1.54) is 30.9 Å². The van der Waals surface area contributed by atoms with Crippen molar-refractivity contribution in [3.8, 4) is 0 Å². The van der Waals surface area contributed by atoms with Crippen LogP contribution < -0.4 is 15.4 Å². The molecule has 2 amide bonds. The molecule has 130 valence electrons. The van der Waals surface area contributed by atoms with Gasteiger partial charge in [0.15, 0.2) is 0 Å². The molecule has 0 saturated carbocycles. The van der Waals surface area contributed by atoms with Gasteiger partial charge in [-0.1, -0.05) is 13.8 Å². The van der Waals surface area contributed by atoms with E-state index in [2.05, 4.69) is 15.4 Å². The molecular formula is C14H24N4O4S. The third-order valence-corrected chi connectivity index (χ3v) is 4.75. The molecule has 9 heteroatoms. The van der Waals surface area contributed by atoms with E-state index >= 15 is 0 Å². The molecule has 0 aliphatic carbocycles. The summed E-state index contributed by atoms with van der Waals surface area (Å²) < 4.78 is 27.2. The van der Waals surface area contributed by atoms with Crippen LogP contribution in [0, 0.1) is 5.92 Å². The Bertz CT molecular complexity index is 679. The number of sulfonamides is 1. The van der Waals surface area contributed by atoms with Crippen molar-refractivity contribution < 1.29 is 18.0 Å². The van der Waals surface area contributed by atoms with Crippen molar-refractivity contribution in [2.24, 2.45) is 13.0 Å². The van der Waals surface area contributed by atoms with Crippen molar-refractivity contribution in [2.75, 3.05) is 14.1 Å². The van der Waals surface area contributed by atoms with Crippen LogP contribution >= 0.6 is 0 Å². The molecule has 1 atom stereocenters. The highest BCUT2D eigenvalue weighted by atomic mass is 32.2. The van der Waals surface area contributed by atoms with Gasteiger partial charge >= 0.3 is 0 Å². The second-order valence-corrected chi connectivity index (χ2v) is 7.54. The monoisotopic (exact) mass is 344 g/mol. The average molecular weight is 344 g/mol. The maximum atomic E-state index is 12.4. The van der Waals surface area contributed by atoms with Gasteiger partial charge in [0.25, 0.3) is 5.91 Å². The number of hydrogen-bond donors (Lipinski definition) is 3. The van der Waals surface area contributed by atoms with Gasteiger partial charge in [0, 0.05) is 20.3 Å². The van der Waals surface area contributed by atoms with Crippen molar-refractivity contribution >= 4 is 21.8 Å². The van der Waals surface area contributed by atoms with Crippen LogP contribution in [0.2, 0.25) is 0 Å². The number of carbonyl (C=O) groups is 2. The van der Waals surface area contributed by atoms with Gasteiger partial charge in [0.1, 0.15) is 16.6 Å². The van der Waals surface area contributed by atoms with Crippen LogP contribution in [-0.4, -0.2) is 44.9 Å². The molecule has 23 heavy (non-hydrogen) atoms. The van der Waals surface area contributed by atoms with E-state index in [0.717, 1.165) is 0 Å². The summed E-state index contributed by atoms with van der Waals surface area (Å²) in [4.78, 5) is 24.2. The van der Waals surface area contributed by atoms with Crippen LogP contribution in [-0.2, 0) is 21.9 Å². The fourth-order valence-electron chi connectivity index (χ4n) is 2.13. The van der Waals surface area contributed by atoms with Crippen molar-refractivity contribution in [3.63, 3.8) is 0 Å². The summed E-state index contributed by atoms with van der Waals surface area (Å²) in [7, 11) is 0.738. The first-order valence-electron chi connectivity index (χ1n) is 7.24. The van der Waals surface area contributed by atoms with Gasteiger partial charge in [-0.05, 0) is 25.5 Å². The van der Waals surface area contributed by atoms with Crippen LogP contribution in [0.5, 0.6) is 0 Å². The third kappa shape index (κ3) is 4.80. The largest absolute Gasteiger partial charge is 0.357 e. The molecule has 0 aliphatic heterocycles. The van der Waals surface area contributed by atoms with Crippen molar-refractivity contribution in [1.82, 2.24) is 19.9 Å². The topological polar surface area (TPSA) is 109 Å². The summed E-state index contributed by atoms with van der Waals surface area (Å²) >= 11 is 0. The first-order valence-corrected chi connectivity index (χ1v) is 8.73. The first kappa shape index (κ1) is 19.2. The number of rotatable bonds is 7. The number of hydrogen-bond acceptors (Lipinski definition) is 4. The van der Waals surface area contributed by atoms with Crippen LogP contribution in [0.15, 0.2) is 17.2 Å². The lowest BCUT2D eigenvalue weighted by molar-refractivity contribution is -0.122. The summed E-state index contributed by atoms with van der Waals surface area (Å²) in [5, 5.41) is 5.17. The molecule has 1 aromatic rings. The van der Waals surface area contributed by atoms with E-state index < -0.39 is 22.0 Å². The van der Waals surface area contributed by atoms with E-state index in [1.807, 2.05) is 13.8 Å². The highest BCUT2D eigenvalue weighted by Crippen LogP contribution is 2.14. The van der Waals surface area contributed by atoms with Gasteiger partial charge in [-0.3, -0.25) is 9.59 Å². The number of aryl methyl sites for hydroxylation is 1. The predicted octanol–water partition coefficient (Wildman–Crippen LogP) is -0.176. The first-order chi connectivity index (χ1) is 10.6. The Hall–Kier alpha value is -1.87. The van der Waals surface area contributed by atoms with Crippen LogP contribution in [0.25, 0.3) is 0 Å². The summed E-state index contributed by atoms with van der Waals surface area (Å²) in [6.45, 7) is 3.89. The molecule has 1 aromatic heterocycles. The van der Waals surface area contributed by atoms with E-state index in [9.17, 15) is 18.0 Å². The quantitative estimate of drug-likeness (QED) is 0.637. The average Bonchev–Trinajstić information content (AvgIpc) is 2.88. The maximum absolute atomic E-state index is 12.4. The lowest BCUT2D eigenvalue weighted by atomic mass is 10.0. The molecule has 0 bridgehead atoms. The second kappa shape index (κ2) is 7.60. The zero-order valence-corrected chi connectivity index (χ0v) is 14.8. The number of nitrogens with zero attached hydrogens (tertiary/aromatic N) is 1. The van der Waals surface area contributed by atoms with Crippen LogP contribution in [0.4, 0.5) is 0 Å². The van der Waals surface area contributed by atoms with E-state index in [-0.39, 0.29) is 22.4 Å². The Morgan fingerprint density at radius 3 is 2.35 bits per heavy atom. The highest BCUT2D eigenvalue weighted by Gasteiger charge is 2.24. The lowest BCUT2D eigenvalue weighted by Crippen LogP contribution is -2.46. The van der Waals surface area contributed by atoms with Gasteiger partial charge in [-0.2, -0.15) is 0 Å². The summed E-state index contributed by atoms with van der Waals surface area (Å²) in [5.41, 5.74) is 0.163. The zero-order chi connectivity index (χ0) is 17.8. The standard InChI is InChI=1S/C14H24N4O4S/c1-9(2)6-11(13(19)15-3)17-14(20)12-7-10(8-18(12)5)23(21,22)16-4/h7-9,11,16H,6H2,1-5H3,(H,15,19)(H,17,20)/t11-/m1/s1. The number of likely N-dealkylation sites (N-methyl/N-ethyl adjacent to an activating group) is 1. The molecule has 0 saturated heterocycles. The third-order valence-electron chi connectivity index (χ3n) is 3.37. The highest BCUT2D eigenvalue weighted by molar-refractivity contribution is 7.89. The Labute approximate surface area is 136 Å². The van der Waals surface area contributed by atoms with Gasteiger partial charge in [0.05, 0.1) is 0 Å². The SMILES string of the molecule is CNC(=O)[C@@H](CC(C)C)NC(=O)c1cc(S(=O)(=O)NC)cn1C. The van der Waals surface area contributed by atoms with Gasteiger partial charge in [-0.25, -0.2) is 13.1 Å². The van der Waals surface area contributed by atoms with Gasteiger partial charge < -0.3 is 15.2 Å². The minimum atomic E-state index is -3.63. The van der Waals surface area contributed by atoms with E-state index in [0.29, 0.717) is 6.42 Å². The van der Waals surface area contributed by atoms with Gasteiger partial charge in [0.2, 0.25) is 15.9 Å². The zero-order valence-electron chi connectivity index (χ0n) is 14.0. The van der Waals surface area contributed by atoms with E-state index in [4.69, 9.17) is 0 Å². The minimum Gasteiger partial charge on any atom is -0.357 e. The fourth-order valence-corrected chi connectivity index (χ4v) is 2.93. The normalized spacial score (nSPS) is 13.0. The van der Waals surface area contributed by atoms with Crippen molar-refractivity contribution in [3.05, 3.63) is 18.0 Å². The smallest absolute Gasteiger partial charge is 0.268 e. The van der Waals surface area contributed by atoms with Crippen molar-refractivity contribution in [1.29, 1.82) is 0 Å². The predicted molar refractivity (Wildman–Crippen MR) is 86.4 cm³/mol. The van der Waals surface area contributed by atoms with Gasteiger partial charge in [-0.15, -0.1) is 0 Å². The Balaban J connectivity index is 3.03. The molecule has 0 aromatic carbocycles.